The van der Waals surface area contributed by atoms with Crippen LogP contribution < -0.4 is 5.73 Å². The van der Waals surface area contributed by atoms with Gasteiger partial charge in [-0.2, -0.15) is 0 Å². The van der Waals surface area contributed by atoms with Crippen molar-refractivity contribution in [2.75, 3.05) is 6.61 Å². The van der Waals surface area contributed by atoms with Crippen molar-refractivity contribution in [1.82, 2.24) is 0 Å². The molecular formula is C11H17NOS. The van der Waals surface area contributed by atoms with Crippen LogP contribution in [0.4, 0.5) is 0 Å². The molecule has 0 aliphatic carbocycles. The van der Waals surface area contributed by atoms with Gasteiger partial charge in [-0.3, -0.25) is 0 Å². The number of hydrogen-bond acceptors (Lipinski definition) is 3. The minimum absolute atomic E-state index is 0.0933. The third kappa shape index (κ3) is 2.00. The molecule has 2 nitrogen and oxygen atoms in total. The molecule has 78 valence electrons. The third-order valence-electron chi connectivity index (χ3n) is 3.16. The minimum Gasteiger partial charge on any atom is -0.377 e. The van der Waals surface area contributed by atoms with E-state index in [4.69, 9.17) is 10.5 Å². The van der Waals surface area contributed by atoms with Gasteiger partial charge < -0.3 is 10.5 Å². The average Bonchev–Trinajstić information content (AvgIpc) is 2.75. The van der Waals surface area contributed by atoms with Crippen LogP contribution in [-0.2, 0) is 11.2 Å². The summed E-state index contributed by atoms with van der Waals surface area (Å²) in [6, 6.07) is 4.27. The number of hydrogen-bond donors (Lipinski definition) is 1. The van der Waals surface area contributed by atoms with Crippen LogP contribution in [0.15, 0.2) is 17.5 Å². The first-order valence-corrected chi connectivity index (χ1v) is 6.01. The summed E-state index contributed by atoms with van der Waals surface area (Å²) in [5, 5.41) is 2.12. The van der Waals surface area contributed by atoms with Gasteiger partial charge >= 0.3 is 0 Å². The minimum atomic E-state index is -0.0933. The van der Waals surface area contributed by atoms with Gasteiger partial charge in [0.05, 0.1) is 6.10 Å². The second kappa shape index (κ2) is 4.01. The molecule has 2 heterocycles. The number of rotatable bonds is 3. The van der Waals surface area contributed by atoms with Gasteiger partial charge in [-0.05, 0) is 37.6 Å². The van der Waals surface area contributed by atoms with Gasteiger partial charge in [0.25, 0.3) is 0 Å². The third-order valence-corrected chi connectivity index (χ3v) is 4.10. The summed E-state index contributed by atoms with van der Waals surface area (Å²) in [6.45, 7) is 2.91. The van der Waals surface area contributed by atoms with Crippen LogP contribution in [0.2, 0.25) is 0 Å². The highest BCUT2D eigenvalue weighted by Gasteiger charge is 2.37. The van der Waals surface area contributed by atoms with E-state index in [1.807, 2.05) is 11.3 Å². The number of thiophene rings is 1. The van der Waals surface area contributed by atoms with Crippen LogP contribution in [-0.4, -0.2) is 18.2 Å². The van der Waals surface area contributed by atoms with Crippen LogP contribution in [0.25, 0.3) is 0 Å². The van der Waals surface area contributed by atoms with Crippen molar-refractivity contribution in [1.29, 1.82) is 0 Å². The van der Waals surface area contributed by atoms with Crippen molar-refractivity contribution in [3.8, 4) is 0 Å². The Labute approximate surface area is 89.1 Å². The van der Waals surface area contributed by atoms with Crippen LogP contribution in [0.3, 0.4) is 0 Å². The summed E-state index contributed by atoms with van der Waals surface area (Å²) in [5.41, 5.74) is 6.21. The Morgan fingerprint density at radius 3 is 3.14 bits per heavy atom. The topological polar surface area (TPSA) is 35.2 Å². The lowest BCUT2D eigenvalue weighted by atomic mass is 9.88. The Balaban J connectivity index is 1.91. The van der Waals surface area contributed by atoms with E-state index < -0.39 is 0 Å². The molecule has 0 spiro atoms. The average molecular weight is 211 g/mol. The summed E-state index contributed by atoms with van der Waals surface area (Å²) in [4.78, 5) is 1.42. The van der Waals surface area contributed by atoms with Crippen molar-refractivity contribution in [3.05, 3.63) is 22.4 Å². The maximum atomic E-state index is 6.30. The first kappa shape index (κ1) is 10.1. The van der Waals surface area contributed by atoms with Crippen LogP contribution >= 0.6 is 11.3 Å². The smallest absolute Gasteiger partial charge is 0.0727 e. The molecule has 3 heteroatoms. The maximum absolute atomic E-state index is 6.30. The van der Waals surface area contributed by atoms with Crippen molar-refractivity contribution in [2.24, 2.45) is 5.73 Å². The second-order valence-electron chi connectivity index (χ2n) is 4.08. The summed E-state index contributed by atoms with van der Waals surface area (Å²) in [6.07, 6.45) is 3.33. The SMILES string of the molecule is CC1OCCC1(N)CCc1cccs1. The highest BCUT2D eigenvalue weighted by Crippen LogP contribution is 2.28. The molecule has 0 amide bonds. The van der Waals surface area contributed by atoms with Crippen molar-refractivity contribution < 1.29 is 4.74 Å². The van der Waals surface area contributed by atoms with E-state index in [0.717, 1.165) is 25.9 Å². The number of nitrogens with two attached hydrogens (primary N) is 1. The molecule has 1 fully saturated rings. The number of ether oxygens (including phenoxy) is 1. The lowest BCUT2D eigenvalue weighted by Gasteiger charge is -2.27. The van der Waals surface area contributed by atoms with Gasteiger partial charge in [0.1, 0.15) is 0 Å². The zero-order valence-electron chi connectivity index (χ0n) is 8.53. The monoisotopic (exact) mass is 211 g/mol. The van der Waals surface area contributed by atoms with Gasteiger partial charge in [0.2, 0.25) is 0 Å². The summed E-state index contributed by atoms with van der Waals surface area (Å²) in [5.74, 6) is 0. The quantitative estimate of drug-likeness (QED) is 0.831. The van der Waals surface area contributed by atoms with E-state index in [1.165, 1.54) is 4.88 Å². The molecule has 14 heavy (non-hydrogen) atoms. The lowest BCUT2D eigenvalue weighted by Crippen LogP contribution is -2.46. The Morgan fingerprint density at radius 2 is 2.57 bits per heavy atom. The molecule has 1 aromatic rings. The van der Waals surface area contributed by atoms with Gasteiger partial charge in [0, 0.05) is 17.0 Å². The second-order valence-corrected chi connectivity index (χ2v) is 5.11. The molecule has 0 bridgehead atoms. The molecule has 2 unspecified atom stereocenters. The zero-order chi connectivity index (χ0) is 10.0. The largest absolute Gasteiger partial charge is 0.377 e. The van der Waals surface area contributed by atoms with Crippen molar-refractivity contribution in [2.45, 2.75) is 37.8 Å². The Hall–Kier alpha value is -0.380. The van der Waals surface area contributed by atoms with Gasteiger partial charge in [-0.15, -0.1) is 11.3 Å². The van der Waals surface area contributed by atoms with Crippen LogP contribution in [0, 0.1) is 0 Å². The fourth-order valence-electron chi connectivity index (χ4n) is 1.93. The van der Waals surface area contributed by atoms with E-state index in [2.05, 4.69) is 24.4 Å². The van der Waals surface area contributed by atoms with Gasteiger partial charge in [0.15, 0.2) is 0 Å². The summed E-state index contributed by atoms with van der Waals surface area (Å²) < 4.78 is 5.52. The van der Waals surface area contributed by atoms with E-state index in [9.17, 15) is 0 Å². The highest BCUT2D eigenvalue weighted by atomic mass is 32.1. The normalized spacial score (nSPS) is 32.3. The molecule has 2 N–H and O–H groups in total. The molecule has 0 aromatic carbocycles. The van der Waals surface area contributed by atoms with E-state index >= 15 is 0 Å². The van der Waals surface area contributed by atoms with E-state index in [0.29, 0.717) is 0 Å². The molecule has 0 saturated carbocycles. The molecular weight excluding hydrogens is 194 g/mol. The van der Waals surface area contributed by atoms with Gasteiger partial charge in [-0.25, -0.2) is 0 Å². The molecule has 2 atom stereocenters. The molecule has 0 radical (unpaired) electrons. The molecule has 1 aliphatic heterocycles. The predicted molar refractivity (Wildman–Crippen MR) is 59.6 cm³/mol. The fraction of sp³-hybridized carbons (Fsp3) is 0.636. The van der Waals surface area contributed by atoms with E-state index in [-0.39, 0.29) is 11.6 Å². The number of aryl methyl sites for hydroxylation is 1. The fourth-order valence-corrected chi connectivity index (χ4v) is 2.64. The maximum Gasteiger partial charge on any atom is 0.0727 e. The Morgan fingerprint density at radius 1 is 1.71 bits per heavy atom. The first-order valence-electron chi connectivity index (χ1n) is 5.13. The molecule has 1 aromatic heterocycles. The first-order chi connectivity index (χ1) is 6.71. The molecule has 1 aliphatic rings. The summed E-state index contributed by atoms with van der Waals surface area (Å²) >= 11 is 1.81. The molecule has 2 rings (SSSR count). The van der Waals surface area contributed by atoms with Gasteiger partial charge in [-0.1, -0.05) is 6.07 Å². The standard InChI is InChI=1S/C11H17NOS/c1-9-11(12,6-7-13-9)5-4-10-3-2-8-14-10/h2-3,8-9H,4-7,12H2,1H3. The molecule has 1 saturated heterocycles. The Kier molecular flexibility index (Phi) is 2.91. The Bertz CT molecular complexity index is 285. The van der Waals surface area contributed by atoms with Crippen molar-refractivity contribution >= 4 is 11.3 Å². The van der Waals surface area contributed by atoms with Crippen LogP contribution in [0.5, 0.6) is 0 Å². The lowest BCUT2D eigenvalue weighted by molar-refractivity contribution is 0.0931. The zero-order valence-corrected chi connectivity index (χ0v) is 9.35. The predicted octanol–water partition coefficient (Wildman–Crippen LogP) is 2.19. The summed E-state index contributed by atoms with van der Waals surface area (Å²) in [7, 11) is 0. The van der Waals surface area contributed by atoms with E-state index in [1.54, 1.807) is 0 Å². The highest BCUT2D eigenvalue weighted by molar-refractivity contribution is 7.09. The van der Waals surface area contributed by atoms with Crippen LogP contribution in [0.1, 0.15) is 24.6 Å². The van der Waals surface area contributed by atoms with Crippen molar-refractivity contribution in [3.63, 3.8) is 0 Å².